The number of imidazole rings is 1. The number of hydrogen-bond acceptors (Lipinski definition) is 6. The molecule has 0 radical (unpaired) electrons. The first kappa shape index (κ1) is 18.9. The molecule has 0 aliphatic carbocycles. The molecule has 0 bridgehead atoms. The van der Waals surface area contributed by atoms with Gasteiger partial charge in [0.1, 0.15) is 12.4 Å². The van der Waals surface area contributed by atoms with Crippen molar-refractivity contribution in [3.63, 3.8) is 0 Å². The van der Waals surface area contributed by atoms with Crippen LogP contribution in [0.3, 0.4) is 0 Å². The van der Waals surface area contributed by atoms with Crippen LogP contribution < -0.4 is 10.4 Å². The van der Waals surface area contributed by atoms with Gasteiger partial charge in [0.15, 0.2) is 0 Å². The standard InChI is InChI=1S/C19H17N3O6/c1-12-10-20-19(24)21(12)15-5-3-13(4-6-15)18(23)28-11-14-9-16(22(25)26)7-8-17(14)27-2/h3-10H,11H2,1-2H3,(H,20,24). The van der Waals surface area contributed by atoms with Crippen molar-refractivity contribution in [2.45, 2.75) is 13.5 Å². The molecule has 1 heterocycles. The number of carbonyl (C=O) groups excluding carboxylic acids is 1. The van der Waals surface area contributed by atoms with Gasteiger partial charge < -0.3 is 14.5 Å². The third-order valence-electron chi connectivity index (χ3n) is 4.16. The molecular weight excluding hydrogens is 366 g/mol. The van der Waals surface area contributed by atoms with Crippen molar-refractivity contribution in [1.29, 1.82) is 0 Å². The van der Waals surface area contributed by atoms with Gasteiger partial charge in [0, 0.05) is 29.6 Å². The largest absolute Gasteiger partial charge is 0.496 e. The average Bonchev–Trinajstić information content (AvgIpc) is 3.04. The smallest absolute Gasteiger partial charge is 0.338 e. The molecule has 0 saturated carbocycles. The zero-order valence-corrected chi connectivity index (χ0v) is 15.2. The Labute approximate surface area is 159 Å². The van der Waals surface area contributed by atoms with Crippen molar-refractivity contribution in [2.75, 3.05) is 7.11 Å². The molecule has 0 atom stereocenters. The molecule has 0 amide bonds. The van der Waals surface area contributed by atoms with Gasteiger partial charge in [-0.05, 0) is 37.3 Å². The number of aromatic amines is 1. The second-order valence-corrected chi connectivity index (χ2v) is 5.95. The summed E-state index contributed by atoms with van der Waals surface area (Å²) in [6.07, 6.45) is 1.59. The van der Waals surface area contributed by atoms with Crippen LogP contribution in [0.2, 0.25) is 0 Å². The molecule has 144 valence electrons. The number of carbonyl (C=O) groups is 1. The number of nitro groups is 1. The average molecular weight is 383 g/mol. The van der Waals surface area contributed by atoms with Crippen molar-refractivity contribution >= 4 is 11.7 Å². The molecule has 1 aromatic heterocycles. The van der Waals surface area contributed by atoms with Crippen LogP contribution in [0.4, 0.5) is 5.69 Å². The van der Waals surface area contributed by atoms with Gasteiger partial charge in [0.2, 0.25) is 0 Å². The van der Waals surface area contributed by atoms with E-state index in [1.54, 1.807) is 37.4 Å². The zero-order chi connectivity index (χ0) is 20.3. The van der Waals surface area contributed by atoms with Crippen LogP contribution in [0.15, 0.2) is 53.5 Å². The molecule has 0 unspecified atom stereocenters. The number of nitrogens with zero attached hydrogens (tertiary/aromatic N) is 2. The summed E-state index contributed by atoms with van der Waals surface area (Å²) in [4.78, 5) is 37.1. The Balaban J connectivity index is 1.75. The van der Waals surface area contributed by atoms with E-state index in [1.165, 1.54) is 29.9 Å². The number of non-ortho nitro benzene ring substituents is 1. The lowest BCUT2D eigenvalue weighted by molar-refractivity contribution is -0.385. The molecule has 0 saturated heterocycles. The van der Waals surface area contributed by atoms with Gasteiger partial charge in [-0.15, -0.1) is 0 Å². The quantitative estimate of drug-likeness (QED) is 0.397. The molecule has 2 aromatic carbocycles. The summed E-state index contributed by atoms with van der Waals surface area (Å²) in [5, 5.41) is 10.9. The van der Waals surface area contributed by atoms with E-state index in [0.717, 1.165) is 5.69 Å². The van der Waals surface area contributed by atoms with Crippen LogP contribution in [-0.2, 0) is 11.3 Å². The molecule has 0 aliphatic rings. The van der Waals surface area contributed by atoms with E-state index in [1.807, 2.05) is 0 Å². The molecular formula is C19H17N3O6. The van der Waals surface area contributed by atoms with Gasteiger partial charge in [-0.25, -0.2) is 9.59 Å². The Kier molecular flexibility index (Phi) is 5.25. The normalized spacial score (nSPS) is 10.5. The minimum Gasteiger partial charge on any atom is -0.496 e. The number of rotatable bonds is 6. The first-order valence-electron chi connectivity index (χ1n) is 8.26. The minimum absolute atomic E-state index is 0.122. The molecule has 28 heavy (non-hydrogen) atoms. The second-order valence-electron chi connectivity index (χ2n) is 5.95. The predicted octanol–water partition coefficient (Wildman–Crippen LogP) is 2.75. The van der Waals surface area contributed by atoms with E-state index in [2.05, 4.69) is 4.98 Å². The monoisotopic (exact) mass is 383 g/mol. The Morgan fingerprint density at radius 1 is 1.21 bits per heavy atom. The van der Waals surface area contributed by atoms with Gasteiger partial charge in [-0.3, -0.25) is 14.7 Å². The molecule has 1 N–H and O–H groups in total. The van der Waals surface area contributed by atoms with Crippen LogP contribution in [-0.4, -0.2) is 27.6 Å². The fourth-order valence-corrected chi connectivity index (χ4v) is 2.74. The lowest BCUT2D eigenvalue weighted by Crippen LogP contribution is -2.16. The molecule has 0 spiro atoms. The first-order valence-corrected chi connectivity index (χ1v) is 8.26. The number of benzene rings is 2. The highest BCUT2D eigenvalue weighted by atomic mass is 16.6. The highest BCUT2D eigenvalue weighted by Gasteiger charge is 2.14. The third-order valence-corrected chi connectivity index (χ3v) is 4.16. The summed E-state index contributed by atoms with van der Waals surface area (Å²) in [6, 6.07) is 10.4. The Morgan fingerprint density at radius 2 is 1.93 bits per heavy atom. The van der Waals surface area contributed by atoms with Crippen LogP contribution in [0.1, 0.15) is 21.6 Å². The maximum Gasteiger partial charge on any atom is 0.338 e. The number of esters is 1. The molecule has 3 aromatic rings. The summed E-state index contributed by atoms with van der Waals surface area (Å²) >= 11 is 0. The fourth-order valence-electron chi connectivity index (χ4n) is 2.74. The third kappa shape index (κ3) is 3.78. The van der Waals surface area contributed by atoms with E-state index in [9.17, 15) is 19.7 Å². The van der Waals surface area contributed by atoms with Crippen LogP contribution >= 0.6 is 0 Å². The topological polar surface area (TPSA) is 116 Å². The molecule has 9 nitrogen and oxygen atoms in total. The van der Waals surface area contributed by atoms with Crippen LogP contribution in [0.25, 0.3) is 5.69 Å². The Bertz CT molecular complexity index is 1080. The maximum atomic E-state index is 12.3. The Hall–Kier alpha value is -3.88. The SMILES string of the molecule is COc1ccc([N+](=O)[O-])cc1COC(=O)c1ccc(-n2c(C)c[nH]c2=O)cc1. The summed E-state index contributed by atoms with van der Waals surface area (Å²) < 4.78 is 11.9. The highest BCUT2D eigenvalue weighted by Crippen LogP contribution is 2.25. The lowest BCUT2D eigenvalue weighted by Gasteiger charge is -2.10. The van der Waals surface area contributed by atoms with E-state index < -0.39 is 10.9 Å². The second kappa shape index (κ2) is 7.78. The van der Waals surface area contributed by atoms with Gasteiger partial charge in [0.25, 0.3) is 5.69 Å². The number of aryl methyl sites for hydroxylation is 1. The first-order chi connectivity index (χ1) is 13.4. The summed E-state index contributed by atoms with van der Waals surface area (Å²) in [5.41, 5.74) is 1.62. The van der Waals surface area contributed by atoms with Gasteiger partial charge in [-0.2, -0.15) is 0 Å². The number of hydrogen-bond donors (Lipinski definition) is 1. The summed E-state index contributed by atoms with van der Waals surface area (Å²) in [6.45, 7) is 1.61. The maximum absolute atomic E-state index is 12.3. The molecule has 9 heteroatoms. The summed E-state index contributed by atoms with van der Waals surface area (Å²) in [5.74, 6) is -0.214. The van der Waals surface area contributed by atoms with Crippen LogP contribution in [0.5, 0.6) is 5.75 Å². The zero-order valence-electron chi connectivity index (χ0n) is 15.2. The van der Waals surface area contributed by atoms with E-state index in [-0.39, 0.29) is 23.5 Å². The van der Waals surface area contributed by atoms with Crippen LogP contribution in [0, 0.1) is 17.0 Å². The van der Waals surface area contributed by atoms with Crippen molar-refractivity contribution in [3.8, 4) is 11.4 Å². The van der Waals surface area contributed by atoms with Gasteiger partial charge >= 0.3 is 11.7 Å². The van der Waals surface area contributed by atoms with Crippen molar-refractivity contribution < 1.29 is 19.2 Å². The van der Waals surface area contributed by atoms with E-state index in [0.29, 0.717) is 17.0 Å². The van der Waals surface area contributed by atoms with Crippen molar-refractivity contribution in [1.82, 2.24) is 9.55 Å². The van der Waals surface area contributed by atoms with E-state index in [4.69, 9.17) is 9.47 Å². The van der Waals surface area contributed by atoms with Crippen molar-refractivity contribution in [3.05, 3.63) is 86.1 Å². The molecule has 0 aliphatic heterocycles. The van der Waals surface area contributed by atoms with Gasteiger partial charge in [0.05, 0.1) is 23.3 Å². The highest BCUT2D eigenvalue weighted by molar-refractivity contribution is 5.89. The summed E-state index contributed by atoms with van der Waals surface area (Å²) in [7, 11) is 1.43. The minimum atomic E-state index is -0.599. The number of nitro benzene ring substituents is 1. The van der Waals surface area contributed by atoms with Gasteiger partial charge in [-0.1, -0.05) is 0 Å². The fraction of sp³-hybridized carbons (Fsp3) is 0.158. The number of ether oxygens (including phenoxy) is 2. The number of methoxy groups -OCH3 is 1. The number of H-pyrrole nitrogens is 1. The molecule has 3 rings (SSSR count). The number of nitrogens with one attached hydrogen (secondary N) is 1. The Morgan fingerprint density at radius 3 is 2.50 bits per heavy atom. The number of aromatic nitrogens is 2. The van der Waals surface area contributed by atoms with E-state index >= 15 is 0 Å². The predicted molar refractivity (Wildman–Crippen MR) is 99.9 cm³/mol. The molecule has 0 fully saturated rings. The lowest BCUT2D eigenvalue weighted by atomic mass is 10.2. The van der Waals surface area contributed by atoms with Crippen molar-refractivity contribution in [2.24, 2.45) is 0 Å².